The summed E-state index contributed by atoms with van der Waals surface area (Å²) < 4.78 is 12.5. The van der Waals surface area contributed by atoms with Gasteiger partial charge in [0.05, 0.1) is 13.2 Å². The van der Waals surface area contributed by atoms with Crippen LogP contribution in [-0.2, 0) is 0 Å². The van der Waals surface area contributed by atoms with Crippen LogP contribution >= 0.6 is 15.9 Å². The lowest BCUT2D eigenvalue weighted by atomic mass is 9.85. The van der Waals surface area contributed by atoms with Gasteiger partial charge in [-0.1, -0.05) is 36.7 Å². The first-order chi connectivity index (χ1) is 9.82. The third kappa shape index (κ3) is 5.51. The molecule has 0 aliphatic heterocycles. The lowest BCUT2D eigenvalue weighted by Crippen LogP contribution is -2.23. The van der Waals surface area contributed by atoms with Crippen molar-refractivity contribution in [2.24, 2.45) is 5.41 Å². The van der Waals surface area contributed by atoms with E-state index in [1.165, 1.54) is 5.56 Å². The van der Waals surface area contributed by atoms with Gasteiger partial charge in [-0.05, 0) is 50.4 Å². The van der Waals surface area contributed by atoms with E-state index in [1.807, 2.05) is 27.0 Å². The van der Waals surface area contributed by atoms with E-state index in [0.29, 0.717) is 13.2 Å². The second kappa shape index (κ2) is 8.04. The molecule has 0 aromatic heterocycles. The van der Waals surface area contributed by atoms with Crippen LogP contribution in [0.25, 0.3) is 0 Å². The maximum atomic E-state index is 5.74. The molecule has 0 aliphatic rings. The number of hydrogen-bond donors (Lipinski definition) is 1. The van der Waals surface area contributed by atoms with Crippen LogP contribution in [0.15, 0.2) is 16.6 Å². The summed E-state index contributed by atoms with van der Waals surface area (Å²) in [7, 11) is 2.00. The lowest BCUT2D eigenvalue weighted by Gasteiger charge is -2.27. The predicted molar refractivity (Wildman–Crippen MR) is 92.4 cm³/mol. The predicted octanol–water partition coefficient (Wildman–Crippen LogP) is 4.94. The van der Waals surface area contributed by atoms with Crippen LogP contribution < -0.4 is 14.8 Å². The van der Waals surface area contributed by atoms with Gasteiger partial charge < -0.3 is 14.8 Å². The molecule has 1 aromatic carbocycles. The molecule has 1 unspecified atom stereocenters. The molecule has 1 rings (SSSR count). The van der Waals surface area contributed by atoms with Gasteiger partial charge in [0.25, 0.3) is 0 Å². The van der Waals surface area contributed by atoms with Crippen molar-refractivity contribution in [3.63, 3.8) is 0 Å². The Morgan fingerprint density at radius 3 is 2.05 bits per heavy atom. The molecular formula is C17H28BrNO2. The topological polar surface area (TPSA) is 30.5 Å². The monoisotopic (exact) mass is 357 g/mol. The van der Waals surface area contributed by atoms with Crippen LogP contribution in [0.4, 0.5) is 0 Å². The molecule has 1 atom stereocenters. The molecule has 0 saturated carbocycles. The lowest BCUT2D eigenvalue weighted by molar-refractivity contribution is 0.285. The van der Waals surface area contributed by atoms with Crippen molar-refractivity contribution in [3.8, 4) is 11.5 Å². The number of nitrogens with one attached hydrogen (secondary N) is 1. The van der Waals surface area contributed by atoms with Crippen molar-refractivity contribution in [2.45, 2.75) is 47.1 Å². The molecule has 21 heavy (non-hydrogen) atoms. The van der Waals surface area contributed by atoms with Crippen LogP contribution in [-0.4, -0.2) is 20.3 Å². The van der Waals surface area contributed by atoms with E-state index in [-0.39, 0.29) is 11.5 Å². The van der Waals surface area contributed by atoms with E-state index >= 15 is 0 Å². The Hall–Kier alpha value is -0.740. The van der Waals surface area contributed by atoms with Crippen molar-refractivity contribution in [2.75, 3.05) is 20.3 Å². The molecule has 0 saturated heterocycles. The first-order valence-electron chi connectivity index (χ1n) is 7.58. The summed E-state index contributed by atoms with van der Waals surface area (Å²) in [5, 5.41) is 3.41. The fraction of sp³-hybridized carbons (Fsp3) is 0.647. The average Bonchev–Trinajstić information content (AvgIpc) is 2.38. The van der Waals surface area contributed by atoms with Crippen LogP contribution in [0.2, 0.25) is 0 Å². The summed E-state index contributed by atoms with van der Waals surface area (Å²) in [6, 6.07) is 4.37. The van der Waals surface area contributed by atoms with Gasteiger partial charge in [-0.25, -0.2) is 0 Å². The molecular weight excluding hydrogens is 330 g/mol. The van der Waals surface area contributed by atoms with Crippen molar-refractivity contribution in [1.82, 2.24) is 5.32 Å². The van der Waals surface area contributed by atoms with Crippen LogP contribution in [0.3, 0.4) is 0 Å². The van der Waals surface area contributed by atoms with Crippen molar-refractivity contribution in [3.05, 3.63) is 22.2 Å². The maximum absolute atomic E-state index is 5.74. The maximum Gasteiger partial charge on any atom is 0.162 e. The fourth-order valence-corrected chi connectivity index (χ4v) is 2.93. The molecule has 1 aromatic rings. The summed E-state index contributed by atoms with van der Waals surface area (Å²) >= 11 is 3.68. The van der Waals surface area contributed by atoms with Gasteiger partial charge in [0.15, 0.2) is 11.5 Å². The molecule has 0 spiro atoms. The summed E-state index contributed by atoms with van der Waals surface area (Å²) in [4.78, 5) is 0. The Balaban J connectivity index is 3.18. The Morgan fingerprint density at radius 1 is 1.10 bits per heavy atom. The quantitative estimate of drug-likeness (QED) is 0.749. The molecule has 0 bridgehead atoms. The molecule has 4 heteroatoms. The molecule has 0 fully saturated rings. The highest BCUT2D eigenvalue weighted by atomic mass is 79.9. The third-order valence-electron chi connectivity index (χ3n) is 3.20. The van der Waals surface area contributed by atoms with Crippen molar-refractivity contribution >= 4 is 15.9 Å². The largest absolute Gasteiger partial charge is 0.490 e. The summed E-state index contributed by atoms with van der Waals surface area (Å²) in [6.45, 7) is 12.0. The summed E-state index contributed by atoms with van der Waals surface area (Å²) in [6.07, 6.45) is 1.04. The average molecular weight is 358 g/mol. The van der Waals surface area contributed by atoms with Crippen LogP contribution in [0.5, 0.6) is 11.5 Å². The zero-order valence-electron chi connectivity index (χ0n) is 14.0. The van der Waals surface area contributed by atoms with E-state index in [9.17, 15) is 0 Å². The van der Waals surface area contributed by atoms with Gasteiger partial charge in [-0.15, -0.1) is 0 Å². The molecule has 120 valence electrons. The zero-order valence-corrected chi connectivity index (χ0v) is 15.6. The highest BCUT2D eigenvalue weighted by molar-refractivity contribution is 9.10. The van der Waals surface area contributed by atoms with Gasteiger partial charge in [-0.2, -0.15) is 0 Å². The standard InChI is InChI=1S/C17H28BrNO2/c1-7-20-15-9-12(13(18)10-16(15)21-8-2)14(19-6)11-17(3,4)5/h9-10,14,19H,7-8,11H2,1-6H3. The Labute approximate surface area is 137 Å². The number of rotatable bonds is 7. The molecule has 0 radical (unpaired) electrons. The van der Waals surface area contributed by atoms with E-state index < -0.39 is 0 Å². The molecule has 0 amide bonds. The minimum atomic E-state index is 0.248. The smallest absolute Gasteiger partial charge is 0.162 e. The van der Waals surface area contributed by atoms with E-state index in [4.69, 9.17) is 9.47 Å². The number of hydrogen-bond acceptors (Lipinski definition) is 3. The van der Waals surface area contributed by atoms with Gasteiger partial charge >= 0.3 is 0 Å². The van der Waals surface area contributed by atoms with Gasteiger partial charge in [-0.3, -0.25) is 0 Å². The molecule has 1 N–H and O–H groups in total. The third-order valence-corrected chi connectivity index (χ3v) is 3.89. The summed E-state index contributed by atoms with van der Waals surface area (Å²) in [5.41, 5.74) is 1.46. The Morgan fingerprint density at radius 2 is 1.62 bits per heavy atom. The SMILES string of the molecule is CCOc1cc(Br)c(C(CC(C)(C)C)NC)cc1OCC. The van der Waals surface area contributed by atoms with Gasteiger partial charge in [0.2, 0.25) is 0 Å². The summed E-state index contributed by atoms with van der Waals surface area (Å²) in [5.74, 6) is 1.60. The number of ether oxygens (including phenoxy) is 2. The van der Waals surface area contributed by atoms with Crippen LogP contribution in [0, 0.1) is 5.41 Å². The minimum absolute atomic E-state index is 0.248. The first kappa shape index (κ1) is 18.3. The van der Waals surface area contributed by atoms with Crippen molar-refractivity contribution < 1.29 is 9.47 Å². The van der Waals surface area contributed by atoms with Crippen LogP contribution in [0.1, 0.15) is 52.6 Å². The molecule has 3 nitrogen and oxygen atoms in total. The highest BCUT2D eigenvalue weighted by Crippen LogP contribution is 2.39. The van der Waals surface area contributed by atoms with Gasteiger partial charge in [0.1, 0.15) is 0 Å². The first-order valence-corrected chi connectivity index (χ1v) is 8.38. The Kier molecular flexibility index (Phi) is 7.01. The zero-order chi connectivity index (χ0) is 16.0. The number of halogens is 1. The fourth-order valence-electron chi connectivity index (χ4n) is 2.33. The van der Waals surface area contributed by atoms with E-state index in [1.54, 1.807) is 0 Å². The van der Waals surface area contributed by atoms with E-state index in [2.05, 4.69) is 48.1 Å². The highest BCUT2D eigenvalue weighted by Gasteiger charge is 2.22. The number of benzene rings is 1. The minimum Gasteiger partial charge on any atom is -0.490 e. The Bertz CT molecular complexity index is 455. The molecule has 0 heterocycles. The second-order valence-electron chi connectivity index (χ2n) is 6.29. The van der Waals surface area contributed by atoms with Gasteiger partial charge in [0, 0.05) is 10.5 Å². The molecule has 0 aliphatic carbocycles. The normalized spacial score (nSPS) is 13.1. The second-order valence-corrected chi connectivity index (χ2v) is 7.15. The van der Waals surface area contributed by atoms with E-state index in [0.717, 1.165) is 22.4 Å². The van der Waals surface area contributed by atoms with Crippen molar-refractivity contribution in [1.29, 1.82) is 0 Å².